The van der Waals surface area contributed by atoms with Crippen LogP contribution in [0.3, 0.4) is 0 Å². The molecule has 0 atom stereocenters. The van der Waals surface area contributed by atoms with Crippen LogP contribution in [0.2, 0.25) is 0 Å². The number of carbonyl (C=O) groups excluding carboxylic acids is 1. The van der Waals surface area contributed by atoms with Crippen molar-refractivity contribution in [2.24, 2.45) is 0 Å². The largest absolute Gasteiger partial charge is 0.424 e. The van der Waals surface area contributed by atoms with Crippen LogP contribution in [0, 0.1) is 6.92 Å². The number of amides is 1. The van der Waals surface area contributed by atoms with Crippen LogP contribution in [0.25, 0.3) is 0 Å². The molecule has 20 heavy (non-hydrogen) atoms. The van der Waals surface area contributed by atoms with Crippen LogP contribution < -0.4 is 10.2 Å². The third-order valence-corrected chi connectivity index (χ3v) is 3.32. The van der Waals surface area contributed by atoms with Crippen LogP contribution in [0.1, 0.15) is 17.3 Å². The van der Waals surface area contributed by atoms with Crippen LogP contribution in [-0.2, 0) is 17.8 Å². The molecule has 0 bridgehead atoms. The summed E-state index contributed by atoms with van der Waals surface area (Å²) in [6, 6.07) is 8.18. The van der Waals surface area contributed by atoms with Crippen molar-refractivity contribution in [1.29, 1.82) is 0 Å². The van der Waals surface area contributed by atoms with E-state index in [1.54, 1.807) is 6.92 Å². The Morgan fingerprint density at radius 2 is 2.25 bits per heavy atom. The molecule has 3 rings (SSSR count). The Kier molecular flexibility index (Phi) is 3.37. The van der Waals surface area contributed by atoms with E-state index in [1.807, 2.05) is 12.1 Å². The molecule has 1 amide bonds. The number of nitrogens with zero attached hydrogens (tertiary/aromatic N) is 3. The van der Waals surface area contributed by atoms with Crippen LogP contribution in [0.4, 0.5) is 5.69 Å². The van der Waals surface area contributed by atoms with E-state index in [-0.39, 0.29) is 12.5 Å². The minimum atomic E-state index is -0.0439. The first-order chi connectivity index (χ1) is 9.72. The molecule has 2 heterocycles. The Balaban J connectivity index is 1.55. The topological polar surface area (TPSA) is 71.3 Å². The van der Waals surface area contributed by atoms with Crippen molar-refractivity contribution in [2.45, 2.75) is 19.9 Å². The van der Waals surface area contributed by atoms with Crippen LogP contribution >= 0.6 is 0 Å². The summed E-state index contributed by atoms with van der Waals surface area (Å²) in [4.78, 5) is 14.0. The summed E-state index contributed by atoms with van der Waals surface area (Å²) in [5, 5.41) is 10.4. The van der Waals surface area contributed by atoms with Gasteiger partial charge in [0.1, 0.15) is 0 Å². The fraction of sp³-hybridized carbons (Fsp3) is 0.357. The molecule has 104 valence electrons. The van der Waals surface area contributed by atoms with E-state index in [0.717, 1.165) is 18.7 Å². The zero-order chi connectivity index (χ0) is 13.9. The van der Waals surface area contributed by atoms with Gasteiger partial charge in [0.05, 0.1) is 13.1 Å². The van der Waals surface area contributed by atoms with E-state index in [1.165, 1.54) is 5.56 Å². The van der Waals surface area contributed by atoms with E-state index < -0.39 is 0 Å². The molecule has 1 N–H and O–H groups in total. The minimum absolute atomic E-state index is 0.0439. The summed E-state index contributed by atoms with van der Waals surface area (Å²) in [6.45, 7) is 3.23. The molecule has 0 saturated heterocycles. The first-order valence-electron chi connectivity index (χ1n) is 6.61. The van der Waals surface area contributed by atoms with Gasteiger partial charge in [0.2, 0.25) is 17.7 Å². The summed E-state index contributed by atoms with van der Waals surface area (Å²) in [5.74, 6) is 0.887. The quantitative estimate of drug-likeness (QED) is 0.901. The Morgan fingerprint density at radius 3 is 3.05 bits per heavy atom. The molecule has 0 aliphatic carbocycles. The molecule has 1 aliphatic rings. The monoisotopic (exact) mass is 272 g/mol. The molecular formula is C14H16N4O2. The van der Waals surface area contributed by atoms with Crippen molar-refractivity contribution >= 4 is 11.6 Å². The van der Waals surface area contributed by atoms with Gasteiger partial charge in [0, 0.05) is 19.2 Å². The lowest BCUT2D eigenvalue weighted by molar-refractivity contribution is -0.120. The number of aryl methyl sites for hydroxylation is 1. The molecule has 1 aliphatic heterocycles. The van der Waals surface area contributed by atoms with Gasteiger partial charge in [-0.3, -0.25) is 4.79 Å². The van der Waals surface area contributed by atoms with Crippen LogP contribution in [0.5, 0.6) is 0 Å². The molecule has 0 fully saturated rings. The number of benzene rings is 1. The van der Waals surface area contributed by atoms with Gasteiger partial charge in [0.25, 0.3) is 0 Å². The van der Waals surface area contributed by atoms with Crippen LogP contribution in [0.15, 0.2) is 28.7 Å². The molecule has 0 radical (unpaired) electrons. The number of para-hydroxylation sites is 1. The van der Waals surface area contributed by atoms with Gasteiger partial charge >= 0.3 is 0 Å². The summed E-state index contributed by atoms with van der Waals surface area (Å²) in [6.07, 6.45) is 0.992. The highest BCUT2D eigenvalue weighted by molar-refractivity contribution is 5.82. The maximum atomic E-state index is 11.9. The maximum absolute atomic E-state index is 11.9. The first kappa shape index (κ1) is 12.7. The normalized spacial score (nSPS) is 13.3. The predicted octanol–water partition coefficient (Wildman–Crippen LogP) is 1.06. The second-order valence-corrected chi connectivity index (χ2v) is 4.79. The lowest BCUT2D eigenvalue weighted by Gasteiger charge is -2.18. The van der Waals surface area contributed by atoms with Crippen LogP contribution in [-0.4, -0.2) is 29.2 Å². The molecule has 0 saturated carbocycles. The number of aromatic nitrogens is 2. The third-order valence-electron chi connectivity index (χ3n) is 3.32. The predicted molar refractivity (Wildman–Crippen MR) is 73.2 cm³/mol. The SMILES string of the molecule is Cc1nnc(CNC(=O)CN2CCc3ccccc32)o1. The number of nitrogens with one attached hydrogen (secondary N) is 1. The molecule has 1 aromatic heterocycles. The highest BCUT2D eigenvalue weighted by atomic mass is 16.4. The van der Waals surface area contributed by atoms with Gasteiger partial charge in [0.15, 0.2) is 0 Å². The van der Waals surface area contributed by atoms with E-state index in [9.17, 15) is 4.79 Å². The zero-order valence-electron chi connectivity index (χ0n) is 11.3. The number of anilines is 1. The maximum Gasteiger partial charge on any atom is 0.239 e. The fourth-order valence-corrected chi connectivity index (χ4v) is 2.38. The van der Waals surface area contributed by atoms with Crippen molar-refractivity contribution < 1.29 is 9.21 Å². The standard InChI is InChI=1S/C14H16N4O2/c1-10-16-17-14(20-10)8-15-13(19)9-18-7-6-11-4-2-3-5-12(11)18/h2-5H,6-9H2,1H3,(H,15,19). The highest BCUT2D eigenvalue weighted by Gasteiger charge is 2.20. The second-order valence-electron chi connectivity index (χ2n) is 4.79. The Morgan fingerprint density at radius 1 is 1.40 bits per heavy atom. The van der Waals surface area contributed by atoms with Gasteiger partial charge < -0.3 is 14.6 Å². The van der Waals surface area contributed by atoms with Crippen molar-refractivity contribution in [3.63, 3.8) is 0 Å². The fourth-order valence-electron chi connectivity index (χ4n) is 2.38. The van der Waals surface area contributed by atoms with Crippen molar-refractivity contribution in [1.82, 2.24) is 15.5 Å². The van der Waals surface area contributed by atoms with Crippen molar-refractivity contribution in [3.8, 4) is 0 Å². The first-order valence-corrected chi connectivity index (χ1v) is 6.61. The molecular weight excluding hydrogens is 256 g/mol. The lowest BCUT2D eigenvalue weighted by Crippen LogP contribution is -2.36. The number of fused-ring (bicyclic) bond motifs is 1. The Bertz CT molecular complexity index is 623. The van der Waals surface area contributed by atoms with E-state index in [0.29, 0.717) is 18.3 Å². The van der Waals surface area contributed by atoms with Gasteiger partial charge in [-0.1, -0.05) is 18.2 Å². The molecule has 0 unspecified atom stereocenters. The van der Waals surface area contributed by atoms with Gasteiger partial charge in [-0.15, -0.1) is 10.2 Å². The average molecular weight is 272 g/mol. The zero-order valence-corrected chi connectivity index (χ0v) is 11.3. The smallest absolute Gasteiger partial charge is 0.239 e. The summed E-state index contributed by atoms with van der Waals surface area (Å²) in [5.41, 5.74) is 2.45. The second kappa shape index (κ2) is 5.32. The number of hydrogen-bond donors (Lipinski definition) is 1. The molecule has 6 nitrogen and oxygen atoms in total. The van der Waals surface area contributed by atoms with Gasteiger partial charge in [-0.25, -0.2) is 0 Å². The summed E-state index contributed by atoms with van der Waals surface area (Å²) < 4.78 is 5.21. The Labute approximate surface area is 116 Å². The molecule has 6 heteroatoms. The average Bonchev–Trinajstić information content (AvgIpc) is 3.04. The minimum Gasteiger partial charge on any atom is -0.424 e. The van der Waals surface area contributed by atoms with E-state index in [4.69, 9.17) is 4.42 Å². The van der Waals surface area contributed by atoms with Crippen molar-refractivity contribution in [2.75, 3.05) is 18.0 Å². The molecule has 0 spiro atoms. The molecule has 1 aromatic carbocycles. The summed E-state index contributed by atoms with van der Waals surface area (Å²) >= 11 is 0. The van der Waals surface area contributed by atoms with Crippen molar-refractivity contribution in [3.05, 3.63) is 41.6 Å². The van der Waals surface area contributed by atoms with Gasteiger partial charge in [-0.05, 0) is 18.1 Å². The number of rotatable bonds is 4. The lowest BCUT2D eigenvalue weighted by atomic mass is 10.2. The Hall–Kier alpha value is -2.37. The number of hydrogen-bond acceptors (Lipinski definition) is 5. The van der Waals surface area contributed by atoms with Gasteiger partial charge in [-0.2, -0.15) is 0 Å². The van der Waals surface area contributed by atoms with E-state index in [2.05, 4.69) is 32.5 Å². The summed E-state index contributed by atoms with van der Waals surface area (Å²) in [7, 11) is 0. The molecule has 2 aromatic rings. The third kappa shape index (κ3) is 2.64. The highest BCUT2D eigenvalue weighted by Crippen LogP contribution is 2.26. The number of carbonyl (C=O) groups is 1. The van der Waals surface area contributed by atoms with E-state index >= 15 is 0 Å².